The predicted octanol–water partition coefficient (Wildman–Crippen LogP) is 1.08. The highest BCUT2D eigenvalue weighted by Gasteiger charge is 2.12. The minimum Gasteiger partial charge on any atom is -0.383 e. The molecule has 1 atom stereocenters. The summed E-state index contributed by atoms with van der Waals surface area (Å²) in [5.74, 6) is 0.218. The Hall–Kier alpha value is -1.37. The van der Waals surface area contributed by atoms with Crippen LogP contribution in [-0.4, -0.2) is 27.6 Å². The van der Waals surface area contributed by atoms with Crippen molar-refractivity contribution in [2.45, 2.75) is 38.5 Å². The van der Waals surface area contributed by atoms with E-state index in [2.05, 4.69) is 17.2 Å². The van der Waals surface area contributed by atoms with Crippen molar-refractivity contribution in [1.29, 1.82) is 0 Å². The first kappa shape index (κ1) is 15.7. The van der Waals surface area contributed by atoms with Crippen LogP contribution in [-0.2, 0) is 6.54 Å². The number of rotatable bonds is 7. The predicted molar refractivity (Wildman–Crippen MR) is 82.1 cm³/mol. The number of nitrogens with two attached hydrogens (primary N) is 1. The summed E-state index contributed by atoms with van der Waals surface area (Å²) in [6.45, 7) is 5.23. The van der Waals surface area contributed by atoms with Crippen LogP contribution in [0.1, 0.15) is 26.7 Å². The molecule has 0 aliphatic rings. The molecule has 1 heterocycles. The van der Waals surface area contributed by atoms with E-state index in [1.165, 1.54) is 4.57 Å². The normalized spacial score (nSPS) is 12.4. The molecular weight excluding hydrogens is 264 g/mol. The molecule has 0 saturated carbocycles. The molecule has 1 rings (SSSR count). The Bertz CT molecular complexity index is 523. The maximum Gasteiger partial charge on any atom is 0.330 e. The van der Waals surface area contributed by atoms with Gasteiger partial charge in [-0.1, -0.05) is 20.3 Å². The second-order valence-electron chi connectivity index (χ2n) is 4.45. The van der Waals surface area contributed by atoms with E-state index in [4.69, 9.17) is 5.73 Å². The van der Waals surface area contributed by atoms with Crippen molar-refractivity contribution in [3.05, 3.63) is 20.8 Å². The van der Waals surface area contributed by atoms with Gasteiger partial charge in [0.15, 0.2) is 0 Å². The lowest BCUT2D eigenvalue weighted by molar-refractivity contribution is 0.605. The lowest BCUT2D eigenvalue weighted by Crippen LogP contribution is -2.34. The quantitative estimate of drug-likeness (QED) is 0.697. The summed E-state index contributed by atoms with van der Waals surface area (Å²) in [5, 5.41) is 3.38. The second-order valence-corrected chi connectivity index (χ2v) is 5.73. The summed E-state index contributed by atoms with van der Waals surface area (Å²) in [4.78, 5) is 25.8. The Kier molecular flexibility index (Phi) is 6.01. The molecule has 0 spiro atoms. The number of anilines is 2. The highest BCUT2D eigenvalue weighted by atomic mass is 32.2. The van der Waals surface area contributed by atoms with Gasteiger partial charge in [0.1, 0.15) is 11.5 Å². The third kappa shape index (κ3) is 4.05. The van der Waals surface area contributed by atoms with E-state index in [9.17, 15) is 9.59 Å². The monoisotopic (exact) mass is 286 g/mol. The summed E-state index contributed by atoms with van der Waals surface area (Å²) in [6, 6.07) is 0. The molecule has 0 bridgehead atoms. The summed E-state index contributed by atoms with van der Waals surface area (Å²) in [6.07, 6.45) is 3.80. The van der Waals surface area contributed by atoms with E-state index in [1.807, 2.05) is 13.2 Å². The van der Waals surface area contributed by atoms with Gasteiger partial charge in [0.2, 0.25) is 0 Å². The zero-order valence-electron chi connectivity index (χ0n) is 11.7. The molecule has 0 aliphatic heterocycles. The van der Waals surface area contributed by atoms with E-state index in [1.54, 1.807) is 11.8 Å². The third-order valence-electron chi connectivity index (χ3n) is 2.94. The molecule has 6 nitrogen and oxygen atoms in total. The fourth-order valence-corrected chi connectivity index (χ4v) is 1.88. The van der Waals surface area contributed by atoms with Gasteiger partial charge in [0.05, 0.1) is 0 Å². The summed E-state index contributed by atoms with van der Waals surface area (Å²) in [5.41, 5.74) is 5.32. The summed E-state index contributed by atoms with van der Waals surface area (Å²) < 4.78 is 1.41. The number of nitrogen functional groups attached to an aromatic ring is 1. The van der Waals surface area contributed by atoms with Crippen molar-refractivity contribution in [3.63, 3.8) is 0 Å². The van der Waals surface area contributed by atoms with Gasteiger partial charge >= 0.3 is 5.69 Å². The molecule has 19 heavy (non-hydrogen) atoms. The first-order valence-corrected chi connectivity index (χ1v) is 7.69. The van der Waals surface area contributed by atoms with Gasteiger partial charge in [-0.3, -0.25) is 14.3 Å². The highest BCUT2D eigenvalue weighted by Crippen LogP contribution is 2.13. The average molecular weight is 286 g/mol. The first-order chi connectivity index (χ1) is 9.01. The van der Waals surface area contributed by atoms with Crippen LogP contribution in [0.2, 0.25) is 0 Å². The van der Waals surface area contributed by atoms with Crippen molar-refractivity contribution in [2.75, 3.05) is 23.9 Å². The molecule has 4 N–H and O–H groups in total. The lowest BCUT2D eigenvalue weighted by atomic mass is 10.3. The summed E-state index contributed by atoms with van der Waals surface area (Å²) in [7, 11) is 0. The number of thioether (sulfide) groups is 1. The van der Waals surface area contributed by atoms with Gasteiger partial charge in [0.25, 0.3) is 5.56 Å². The first-order valence-electron chi connectivity index (χ1n) is 6.40. The molecule has 108 valence electrons. The Morgan fingerprint density at radius 3 is 2.74 bits per heavy atom. The Morgan fingerprint density at radius 1 is 1.47 bits per heavy atom. The lowest BCUT2D eigenvalue weighted by Gasteiger charge is -2.15. The Morgan fingerprint density at radius 2 is 2.16 bits per heavy atom. The van der Waals surface area contributed by atoms with Crippen molar-refractivity contribution in [1.82, 2.24) is 9.55 Å². The van der Waals surface area contributed by atoms with Crippen LogP contribution in [0.5, 0.6) is 0 Å². The molecule has 1 aromatic heterocycles. The summed E-state index contributed by atoms with van der Waals surface area (Å²) >= 11 is 1.69. The van der Waals surface area contributed by atoms with Crippen LogP contribution in [0.25, 0.3) is 0 Å². The average Bonchev–Trinajstić information content (AvgIpc) is 2.37. The number of nitrogens with one attached hydrogen (secondary N) is 2. The minimum atomic E-state index is -0.455. The van der Waals surface area contributed by atoms with E-state index >= 15 is 0 Å². The van der Waals surface area contributed by atoms with E-state index in [0.29, 0.717) is 18.3 Å². The smallest absolute Gasteiger partial charge is 0.330 e. The molecule has 1 unspecified atom stereocenters. The van der Waals surface area contributed by atoms with Crippen molar-refractivity contribution in [2.24, 2.45) is 0 Å². The maximum absolute atomic E-state index is 11.8. The SMILES string of the molecule is CCCCn1c(N)c(NCC(C)SC)c(=O)[nH]c1=O. The molecule has 0 aromatic carbocycles. The van der Waals surface area contributed by atoms with E-state index in [-0.39, 0.29) is 11.5 Å². The number of H-pyrrole nitrogens is 1. The largest absolute Gasteiger partial charge is 0.383 e. The Balaban J connectivity index is 3.03. The van der Waals surface area contributed by atoms with Crippen LogP contribution in [0, 0.1) is 0 Å². The van der Waals surface area contributed by atoms with Gasteiger partial charge in [-0.2, -0.15) is 11.8 Å². The zero-order chi connectivity index (χ0) is 14.4. The van der Waals surface area contributed by atoms with E-state index < -0.39 is 11.2 Å². The number of unbranched alkanes of at least 4 members (excludes halogenated alkanes) is 1. The molecule has 0 saturated heterocycles. The third-order valence-corrected chi connectivity index (χ3v) is 3.91. The molecule has 0 radical (unpaired) electrons. The molecule has 0 amide bonds. The van der Waals surface area contributed by atoms with Crippen LogP contribution in [0.4, 0.5) is 11.5 Å². The molecule has 0 fully saturated rings. The molecule has 0 aliphatic carbocycles. The number of aromatic amines is 1. The van der Waals surface area contributed by atoms with Crippen molar-refractivity contribution in [3.8, 4) is 0 Å². The number of nitrogens with zero attached hydrogens (tertiary/aromatic N) is 1. The van der Waals surface area contributed by atoms with E-state index in [0.717, 1.165) is 12.8 Å². The standard InChI is InChI=1S/C12H22N4O2S/c1-4-5-6-16-10(13)9(11(17)15-12(16)18)14-7-8(2)19-3/h8,14H,4-7,13H2,1-3H3,(H,15,17,18). The van der Waals surface area contributed by atoms with Gasteiger partial charge in [0, 0.05) is 18.3 Å². The van der Waals surface area contributed by atoms with Gasteiger partial charge in [-0.15, -0.1) is 0 Å². The zero-order valence-corrected chi connectivity index (χ0v) is 12.5. The van der Waals surface area contributed by atoms with Gasteiger partial charge in [-0.25, -0.2) is 4.79 Å². The van der Waals surface area contributed by atoms with Crippen LogP contribution in [0.3, 0.4) is 0 Å². The van der Waals surface area contributed by atoms with Gasteiger partial charge < -0.3 is 11.1 Å². The van der Waals surface area contributed by atoms with Crippen LogP contribution < -0.4 is 22.3 Å². The van der Waals surface area contributed by atoms with Gasteiger partial charge in [-0.05, 0) is 12.7 Å². The molecule has 1 aromatic rings. The minimum absolute atomic E-state index is 0.218. The highest BCUT2D eigenvalue weighted by molar-refractivity contribution is 7.99. The fourth-order valence-electron chi connectivity index (χ4n) is 1.63. The molecular formula is C12H22N4O2S. The van der Waals surface area contributed by atoms with Crippen molar-refractivity contribution >= 4 is 23.3 Å². The molecule has 7 heteroatoms. The van der Waals surface area contributed by atoms with Crippen LogP contribution >= 0.6 is 11.8 Å². The Labute approximate surface area is 116 Å². The number of hydrogen-bond donors (Lipinski definition) is 3. The maximum atomic E-state index is 11.8. The fraction of sp³-hybridized carbons (Fsp3) is 0.667. The van der Waals surface area contributed by atoms with Crippen molar-refractivity contribution < 1.29 is 0 Å². The topological polar surface area (TPSA) is 92.9 Å². The number of hydrogen-bond acceptors (Lipinski definition) is 5. The number of aromatic nitrogens is 2. The second kappa shape index (κ2) is 7.28. The van der Waals surface area contributed by atoms with Crippen LogP contribution in [0.15, 0.2) is 9.59 Å².